The van der Waals surface area contributed by atoms with Gasteiger partial charge in [-0.05, 0) is 37.1 Å². The SMILES string of the molecule is Cl.NC(=O)c1ccc(CN2CCCCC2C(=O)O)cc1. The van der Waals surface area contributed by atoms with E-state index in [-0.39, 0.29) is 12.4 Å². The van der Waals surface area contributed by atoms with Gasteiger partial charge in [0.1, 0.15) is 6.04 Å². The molecule has 1 heterocycles. The number of carbonyl (C=O) groups excluding carboxylic acids is 1. The van der Waals surface area contributed by atoms with Crippen LogP contribution in [0.15, 0.2) is 24.3 Å². The van der Waals surface area contributed by atoms with Crippen molar-refractivity contribution < 1.29 is 14.7 Å². The fourth-order valence-corrected chi connectivity index (χ4v) is 2.47. The smallest absolute Gasteiger partial charge is 0.320 e. The zero-order valence-electron chi connectivity index (χ0n) is 11.1. The highest BCUT2D eigenvalue weighted by molar-refractivity contribution is 5.92. The number of primary amides is 1. The number of halogens is 1. The Kier molecular flexibility index (Phi) is 5.98. The van der Waals surface area contributed by atoms with Crippen molar-refractivity contribution in [2.45, 2.75) is 31.8 Å². The number of piperidine rings is 1. The molecule has 1 aliphatic heterocycles. The molecule has 0 aliphatic carbocycles. The maximum Gasteiger partial charge on any atom is 0.320 e. The second-order valence-electron chi connectivity index (χ2n) is 4.88. The summed E-state index contributed by atoms with van der Waals surface area (Å²) in [5.74, 6) is -1.21. The summed E-state index contributed by atoms with van der Waals surface area (Å²) in [6, 6.07) is 6.61. The van der Waals surface area contributed by atoms with E-state index in [9.17, 15) is 14.7 Å². The highest BCUT2D eigenvalue weighted by atomic mass is 35.5. The van der Waals surface area contributed by atoms with E-state index in [2.05, 4.69) is 0 Å². The predicted octanol–water partition coefficient (Wildman–Crippen LogP) is 1.65. The summed E-state index contributed by atoms with van der Waals surface area (Å²) < 4.78 is 0. The standard InChI is InChI=1S/C14H18N2O3.ClH/c15-13(17)11-6-4-10(5-7-11)9-16-8-2-1-3-12(16)14(18)19;/h4-7,12H,1-3,8-9H2,(H2,15,17)(H,18,19);1H. The van der Waals surface area contributed by atoms with E-state index in [1.165, 1.54) is 0 Å². The number of nitrogens with zero attached hydrogens (tertiary/aromatic N) is 1. The molecule has 0 bridgehead atoms. The van der Waals surface area contributed by atoms with Crippen LogP contribution in [0.3, 0.4) is 0 Å². The van der Waals surface area contributed by atoms with E-state index in [0.29, 0.717) is 18.5 Å². The van der Waals surface area contributed by atoms with Crippen LogP contribution in [0.2, 0.25) is 0 Å². The van der Waals surface area contributed by atoms with E-state index < -0.39 is 17.9 Å². The number of hydrogen-bond donors (Lipinski definition) is 2. The third-order valence-corrected chi connectivity index (χ3v) is 3.52. The lowest BCUT2D eigenvalue weighted by molar-refractivity contribution is -0.144. The lowest BCUT2D eigenvalue weighted by Crippen LogP contribution is -2.43. The van der Waals surface area contributed by atoms with Crippen molar-refractivity contribution in [1.82, 2.24) is 4.90 Å². The van der Waals surface area contributed by atoms with Crippen LogP contribution in [0.1, 0.15) is 35.2 Å². The minimum Gasteiger partial charge on any atom is -0.480 e. The Labute approximate surface area is 124 Å². The minimum absolute atomic E-state index is 0. The highest BCUT2D eigenvalue weighted by Crippen LogP contribution is 2.20. The fraction of sp³-hybridized carbons (Fsp3) is 0.429. The largest absolute Gasteiger partial charge is 0.480 e. The molecule has 1 aliphatic rings. The number of carbonyl (C=O) groups is 2. The summed E-state index contributed by atoms with van der Waals surface area (Å²) in [6.45, 7) is 1.39. The van der Waals surface area contributed by atoms with Crippen molar-refractivity contribution in [1.29, 1.82) is 0 Å². The van der Waals surface area contributed by atoms with E-state index in [0.717, 1.165) is 24.9 Å². The molecule has 1 aromatic rings. The third kappa shape index (κ3) is 3.95. The number of aliphatic carboxylic acids is 1. The van der Waals surface area contributed by atoms with E-state index >= 15 is 0 Å². The van der Waals surface area contributed by atoms with Crippen LogP contribution in [0.4, 0.5) is 0 Å². The van der Waals surface area contributed by atoms with Crippen molar-refractivity contribution in [3.8, 4) is 0 Å². The van der Waals surface area contributed by atoms with Crippen LogP contribution >= 0.6 is 12.4 Å². The lowest BCUT2D eigenvalue weighted by Gasteiger charge is -2.32. The predicted molar refractivity (Wildman–Crippen MR) is 77.9 cm³/mol. The summed E-state index contributed by atoms with van der Waals surface area (Å²) in [5, 5.41) is 9.20. The zero-order valence-corrected chi connectivity index (χ0v) is 11.9. The average molecular weight is 299 g/mol. The minimum atomic E-state index is -0.756. The Hall–Kier alpha value is -1.59. The Bertz CT molecular complexity index is 476. The summed E-state index contributed by atoms with van der Waals surface area (Å²) in [7, 11) is 0. The number of amides is 1. The molecule has 0 aromatic heterocycles. The molecule has 20 heavy (non-hydrogen) atoms. The first-order chi connectivity index (χ1) is 9.08. The molecule has 1 aromatic carbocycles. The molecular formula is C14H19ClN2O3. The Morgan fingerprint density at radius 3 is 2.45 bits per heavy atom. The van der Waals surface area contributed by atoms with E-state index in [4.69, 9.17) is 5.73 Å². The lowest BCUT2D eigenvalue weighted by atomic mass is 10.0. The number of rotatable bonds is 4. The number of nitrogens with two attached hydrogens (primary N) is 1. The molecule has 1 atom stereocenters. The zero-order chi connectivity index (χ0) is 13.8. The van der Waals surface area contributed by atoms with Gasteiger partial charge in [-0.25, -0.2) is 0 Å². The topological polar surface area (TPSA) is 83.6 Å². The molecule has 110 valence electrons. The van der Waals surface area contributed by atoms with Gasteiger partial charge in [-0.3, -0.25) is 14.5 Å². The molecule has 0 spiro atoms. The average Bonchev–Trinajstić information content (AvgIpc) is 2.39. The molecule has 3 N–H and O–H groups in total. The van der Waals surface area contributed by atoms with Crippen molar-refractivity contribution >= 4 is 24.3 Å². The van der Waals surface area contributed by atoms with Gasteiger partial charge in [-0.15, -0.1) is 12.4 Å². The Morgan fingerprint density at radius 1 is 1.25 bits per heavy atom. The quantitative estimate of drug-likeness (QED) is 0.885. The molecule has 1 unspecified atom stereocenters. The van der Waals surface area contributed by atoms with Crippen molar-refractivity contribution in [2.75, 3.05) is 6.54 Å². The van der Waals surface area contributed by atoms with Crippen molar-refractivity contribution in [3.05, 3.63) is 35.4 Å². The molecule has 6 heteroatoms. The van der Waals surface area contributed by atoms with E-state index in [1.54, 1.807) is 12.1 Å². The van der Waals surface area contributed by atoms with Crippen LogP contribution in [-0.4, -0.2) is 34.5 Å². The fourth-order valence-electron chi connectivity index (χ4n) is 2.47. The highest BCUT2D eigenvalue weighted by Gasteiger charge is 2.28. The van der Waals surface area contributed by atoms with Gasteiger partial charge in [-0.1, -0.05) is 18.6 Å². The maximum absolute atomic E-state index is 11.2. The second-order valence-corrected chi connectivity index (χ2v) is 4.88. The van der Waals surface area contributed by atoms with Gasteiger partial charge in [0.2, 0.25) is 5.91 Å². The van der Waals surface area contributed by atoms with Crippen LogP contribution in [0.25, 0.3) is 0 Å². The van der Waals surface area contributed by atoms with Crippen LogP contribution in [0.5, 0.6) is 0 Å². The van der Waals surface area contributed by atoms with Gasteiger partial charge >= 0.3 is 5.97 Å². The molecular weight excluding hydrogens is 280 g/mol. The summed E-state index contributed by atoms with van der Waals surface area (Å²) in [4.78, 5) is 24.2. The molecule has 5 nitrogen and oxygen atoms in total. The maximum atomic E-state index is 11.2. The Morgan fingerprint density at radius 2 is 1.90 bits per heavy atom. The summed E-state index contributed by atoms with van der Waals surface area (Å²) in [6.07, 6.45) is 2.70. The number of carboxylic acids is 1. The van der Waals surface area contributed by atoms with Gasteiger partial charge in [-0.2, -0.15) is 0 Å². The number of benzene rings is 1. The first-order valence-corrected chi connectivity index (χ1v) is 6.43. The second kappa shape index (κ2) is 7.26. The monoisotopic (exact) mass is 298 g/mol. The molecule has 2 rings (SSSR count). The number of hydrogen-bond acceptors (Lipinski definition) is 3. The summed E-state index contributed by atoms with van der Waals surface area (Å²) in [5.41, 5.74) is 6.65. The van der Waals surface area contributed by atoms with Crippen LogP contribution in [0, 0.1) is 0 Å². The third-order valence-electron chi connectivity index (χ3n) is 3.52. The first-order valence-electron chi connectivity index (χ1n) is 6.43. The molecule has 1 saturated heterocycles. The van der Waals surface area contributed by atoms with Crippen LogP contribution in [-0.2, 0) is 11.3 Å². The van der Waals surface area contributed by atoms with Gasteiger partial charge in [0, 0.05) is 12.1 Å². The molecule has 1 amide bonds. The van der Waals surface area contributed by atoms with Gasteiger partial charge in [0.25, 0.3) is 0 Å². The van der Waals surface area contributed by atoms with E-state index in [1.807, 2.05) is 17.0 Å². The molecule has 0 saturated carbocycles. The van der Waals surface area contributed by atoms with Gasteiger partial charge in [0.05, 0.1) is 0 Å². The first kappa shape index (κ1) is 16.5. The number of carboxylic acid groups (broad SMARTS) is 1. The van der Waals surface area contributed by atoms with Crippen molar-refractivity contribution in [2.24, 2.45) is 5.73 Å². The normalized spacial score (nSPS) is 19.1. The Balaban J connectivity index is 0.00000200. The van der Waals surface area contributed by atoms with Crippen LogP contribution < -0.4 is 5.73 Å². The summed E-state index contributed by atoms with van der Waals surface area (Å²) >= 11 is 0. The van der Waals surface area contributed by atoms with Gasteiger partial charge < -0.3 is 10.8 Å². The van der Waals surface area contributed by atoms with Gasteiger partial charge in [0.15, 0.2) is 0 Å². The number of likely N-dealkylation sites (tertiary alicyclic amines) is 1. The molecule has 0 radical (unpaired) electrons. The molecule has 1 fully saturated rings. The van der Waals surface area contributed by atoms with Crippen molar-refractivity contribution in [3.63, 3.8) is 0 Å².